The molecule has 2 rings (SSSR count). The Kier molecular flexibility index (Phi) is 9.60. The summed E-state index contributed by atoms with van der Waals surface area (Å²) in [6.45, 7) is 9.74. The zero-order valence-electron chi connectivity index (χ0n) is 20.5. The largest absolute Gasteiger partial charge is 0.447 e. The van der Waals surface area contributed by atoms with Gasteiger partial charge in [-0.2, -0.15) is 0 Å². The van der Waals surface area contributed by atoms with E-state index in [-0.39, 0.29) is 37.0 Å². The molecule has 186 valence electrons. The number of nitrogens with one attached hydrogen (secondary N) is 3. The van der Waals surface area contributed by atoms with Crippen molar-refractivity contribution in [2.24, 2.45) is 0 Å². The predicted molar refractivity (Wildman–Crippen MR) is 132 cm³/mol. The second-order valence-corrected chi connectivity index (χ2v) is 9.69. The lowest BCUT2D eigenvalue weighted by Crippen LogP contribution is -2.29. The summed E-state index contributed by atoms with van der Waals surface area (Å²) in [6.07, 6.45) is -0.695. The second-order valence-electron chi connectivity index (χ2n) is 7.98. The Morgan fingerprint density at radius 2 is 1.41 bits per heavy atom. The molecule has 0 atom stereocenters. The van der Waals surface area contributed by atoms with Crippen molar-refractivity contribution in [3.63, 3.8) is 0 Å². The molecule has 0 aliphatic rings. The van der Waals surface area contributed by atoms with Gasteiger partial charge in [0.15, 0.2) is 0 Å². The molecule has 2 amide bonds. The van der Waals surface area contributed by atoms with Crippen molar-refractivity contribution in [1.29, 1.82) is 0 Å². The maximum atomic E-state index is 13.0. The highest BCUT2D eigenvalue weighted by molar-refractivity contribution is 7.89. The molecule has 9 nitrogen and oxygen atoms in total. The average molecular weight is 492 g/mol. The van der Waals surface area contributed by atoms with Crippen LogP contribution in [0.4, 0.5) is 16.2 Å². The van der Waals surface area contributed by atoms with Gasteiger partial charge in [0.2, 0.25) is 15.9 Å². The molecule has 2 aromatic carbocycles. The van der Waals surface area contributed by atoms with Crippen LogP contribution in [0.3, 0.4) is 0 Å². The first kappa shape index (κ1) is 27.3. The van der Waals surface area contributed by atoms with Gasteiger partial charge in [0.05, 0.1) is 11.5 Å². The number of amides is 2. The number of anilines is 2. The number of carbonyl (C=O) groups is 2. The van der Waals surface area contributed by atoms with Crippen LogP contribution in [-0.4, -0.2) is 47.3 Å². The highest BCUT2D eigenvalue weighted by Crippen LogP contribution is 2.29. The monoisotopic (exact) mass is 491 g/mol. The molecule has 0 spiro atoms. The Bertz CT molecular complexity index is 1130. The predicted octanol–water partition coefficient (Wildman–Crippen LogP) is 3.73. The summed E-state index contributed by atoms with van der Waals surface area (Å²) in [6, 6.07) is 6.55. The second kappa shape index (κ2) is 12.0. The summed E-state index contributed by atoms with van der Waals surface area (Å²) in [7, 11) is -2.28. The highest BCUT2D eigenvalue weighted by Gasteiger charge is 2.23. The van der Waals surface area contributed by atoms with E-state index in [1.54, 1.807) is 38.1 Å². The Balaban J connectivity index is 1.96. The number of benzene rings is 2. The standard InChI is InChI=1S/C24H33N3O6S/c1-15-16(2)18(4)23(19(5)17(15)3)34(30,31)25-11-10-22(28)26-20-8-7-9-21(14-20)27-24(29)33-13-12-32-6/h7-9,14,25H,10-13H2,1-6H3,(H,26,28)(H,27,29). The Morgan fingerprint density at radius 1 is 0.853 bits per heavy atom. The normalized spacial score (nSPS) is 11.2. The number of sulfonamides is 1. The van der Waals surface area contributed by atoms with Crippen molar-refractivity contribution >= 4 is 33.4 Å². The molecule has 0 aromatic heterocycles. The molecular formula is C24H33N3O6S. The fourth-order valence-corrected chi connectivity index (χ4v) is 5.14. The van der Waals surface area contributed by atoms with Gasteiger partial charge in [0.25, 0.3) is 0 Å². The van der Waals surface area contributed by atoms with Crippen LogP contribution in [0.25, 0.3) is 0 Å². The summed E-state index contributed by atoms with van der Waals surface area (Å²) in [4.78, 5) is 24.4. The first-order valence-electron chi connectivity index (χ1n) is 10.9. The van der Waals surface area contributed by atoms with Crippen LogP contribution in [0, 0.1) is 34.6 Å². The van der Waals surface area contributed by atoms with Crippen molar-refractivity contribution in [2.45, 2.75) is 45.9 Å². The molecule has 10 heteroatoms. The van der Waals surface area contributed by atoms with E-state index in [9.17, 15) is 18.0 Å². The molecule has 0 saturated heterocycles. The van der Waals surface area contributed by atoms with Gasteiger partial charge in [-0.3, -0.25) is 10.1 Å². The van der Waals surface area contributed by atoms with E-state index in [1.165, 1.54) is 7.11 Å². The van der Waals surface area contributed by atoms with E-state index in [0.29, 0.717) is 22.5 Å². The van der Waals surface area contributed by atoms with E-state index < -0.39 is 16.1 Å². The molecule has 34 heavy (non-hydrogen) atoms. The van der Waals surface area contributed by atoms with E-state index in [2.05, 4.69) is 15.4 Å². The summed E-state index contributed by atoms with van der Waals surface area (Å²) < 4.78 is 38.2. The lowest BCUT2D eigenvalue weighted by molar-refractivity contribution is -0.116. The first-order chi connectivity index (χ1) is 16.0. The summed E-state index contributed by atoms with van der Waals surface area (Å²) in [5.41, 5.74) is 5.28. The zero-order valence-corrected chi connectivity index (χ0v) is 21.3. The van der Waals surface area contributed by atoms with Gasteiger partial charge < -0.3 is 14.8 Å². The topological polar surface area (TPSA) is 123 Å². The van der Waals surface area contributed by atoms with E-state index >= 15 is 0 Å². The summed E-state index contributed by atoms with van der Waals surface area (Å²) in [5, 5.41) is 5.26. The van der Waals surface area contributed by atoms with Crippen molar-refractivity contribution in [2.75, 3.05) is 37.5 Å². The van der Waals surface area contributed by atoms with Crippen molar-refractivity contribution in [3.8, 4) is 0 Å². The maximum absolute atomic E-state index is 13.0. The van der Waals surface area contributed by atoms with Crippen LogP contribution in [0.1, 0.15) is 34.2 Å². The third kappa shape index (κ3) is 7.02. The molecule has 0 bridgehead atoms. The molecule has 0 saturated carbocycles. The highest BCUT2D eigenvalue weighted by atomic mass is 32.2. The van der Waals surface area contributed by atoms with Gasteiger partial charge >= 0.3 is 6.09 Å². The minimum atomic E-state index is -3.78. The number of hydrogen-bond acceptors (Lipinski definition) is 6. The van der Waals surface area contributed by atoms with Crippen LogP contribution in [0.5, 0.6) is 0 Å². The third-order valence-electron chi connectivity index (χ3n) is 5.76. The Hall–Kier alpha value is -2.95. The van der Waals surface area contributed by atoms with E-state index in [0.717, 1.165) is 16.7 Å². The van der Waals surface area contributed by atoms with Gasteiger partial charge in [-0.1, -0.05) is 6.07 Å². The molecule has 0 unspecified atom stereocenters. The maximum Gasteiger partial charge on any atom is 0.411 e. The molecule has 0 heterocycles. The van der Waals surface area contributed by atoms with E-state index in [4.69, 9.17) is 9.47 Å². The van der Waals surface area contributed by atoms with Gasteiger partial charge in [-0.25, -0.2) is 17.9 Å². The zero-order chi connectivity index (χ0) is 25.5. The van der Waals surface area contributed by atoms with Gasteiger partial charge in [0.1, 0.15) is 6.61 Å². The van der Waals surface area contributed by atoms with Gasteiger partial charge in [0, 0.05) is 31.5 Å². The SMILES string of the molecule is COCCOC(=O)Nc1cccc(NC(=O)CCNS(=O)(=O)c2c(C)c(C)c(C)c(C)c2C)c1. The number of carbonyl (C=O) groups excluding carboxylic acids is 2. The fraction of sp³-hybridized carbons (Fsp3) is 0.417. The molecule has 0 radical (unpaired) electrons. The lowest BCUT2D eigenvalue weighted by atomic mass is 9.95. The quantitative estimate of drug-likeness (QED) is 0.435. The number of hydrogen-bond donors (Lipinski definition) is 3. The molecular weight excluding hydrogens is 458 g/mol. The lowest BCUT2D eigenvalue weighted by Gasteiger charge is -2.19. The van der Waals surface area contributed by atoms with Gasteiger partial charge in [-0.05, 0) is 80.6 Å². The van der Waals surface area contributed by atoms with E-state index in [1.807, 2.05) is 20.8 Å². The molecule has 2 aromatic rings. The molecule has 0 aliphatic heterocycles. The molecule has 0 aliphatic carbocycles. The molecule has 3 N–H and O–H groups in total. The number of ether oxygens (including phenoxy) is 2. The number of rotatable bonds is 10. The van der Waals surface area contributed by atoms with Crippen LogP contribution in [-0.2, 0) is 24.3 Å². The average Bonchev–Trinajstić information content (AvgIpc) is 2.76. The first-order valence-corrected chi connectivity index (χ1v) is 12.4. The van der Waals surface area contributed by atoms with Crippen LogP contribution in [0.2, 0.25) is 0 Å². The van der Waals surface area contributed by atoms with Crippen LogP contribution in [0.15, 0.2) is 29.2 Å². The van der Waals surface area contributed by atoms with Crippen molar-refractivity contribution in [3.05, 3.63) is 52.1 Å². The number of methoxy groups -OCH3 is 1. The van der Waals surface area contributed by atoms with Crippen LogP contribution < -0.4 is 15.4 Å². The molecule has 0 fully saturated rings. The Labute approximate surface area is 201 Å². The van der Waals surface area contributed by atoms with Gasteiger partial charge in [-0.15, -0.1) is 0 Å². The van der Waals surface area contributed by atoms with Crippen molar-refractivity contribution < 1.29 is 27.5 Å². The minimum Gasteiger partial charge on any atom is -0.447 e. The Morgan fingerprint density at radius 3 is 2.00 bits per heavy atom. The summed E-state index contributed by atoms with van der Waals surface area (Å²) >= 11 is 0. The minimum absolute atomic E-state index is 0.0528. The third-order valence-corrected chi connectivity index (χ3v) is 7.49. The smallest absolute Gasteiger partial charge is 0.411 e. The fourth-order valence-electron chi connectivity index (χ4n) is 3.51. The van der Waals surface area contributed by atoms with Crippen molar-refractivity contribution in [1.82, 2.24) is 4.72 Å². The van der Waals surface area contributed by atoms with Crippen LogP contribution >= 0.6 is 0 Å². The summed E-state index contributed by atoms with van der Waals surface area (Å²) in [5.74, 6) is -0.368.